The van der Waals surface area contributed by atoms with E-state index in [-0.39, 0.29) is 24.1 Å². The highest BCUT2D eigenvalue weighted by atomic mass is 19.1. The average molecular weight is 365 g/mol. The molecule has 1 aliphatic rings. The predicted molar refractivity (Wildman–Crippen MR) is 100 cm³/mol. The van der Waals surface area contributed by atoms with E-state index in [1.165, 1.54) is 17.7 Å². The number of rotatable bonds is 3. The van der Waals surface area contributed by atoms with Crippen molar-refractivity contribution < 1.29 is 13.7 Å². The van der Waals surface area contributed by atoms with Gasteiger partial charge in [0.15, 0.2) is 5.82 Å². The highest BCUT2D eigenvalue weighted by molar-refractivity contribution is 5.97. The molecule has 1 saturated heterocycles. The number of amides is 1. The number of carbonyl (C=O) groups excluding carboxylic acids is 1. The van der Waals surface area contributed by atoms with Crippen LogP contribution >= 0.6 is 0 Å². The Bertz CT molecular complexity index is 1030. The van der Waals surface area contributed by atoms with Gasteiger partial charge in [-0.15, -0.1) is 0 Å². The number of aryl methyl sites for hydroxylation is 3. The van der Waals surface area contributed by atoms with Gasteiger partial charge in [0.2, 0.25) is 5.91 Å². The molecule has 1 unspecified atom stereocenters. The minimum Gasteiger partial charge on any atom is -0.334 e. The molecule has 1 aromatic heterocycles. The molecule has 1 amide bonds. The Morgan fingerprint density at radius 2 is 1.85 bits per heavy atom. The Morgan fingerprint density at radius 3 is 2.63 bits per heavy atom. The summed E-state index contributed by atoms with van der Waals surface area (Å²) < 4.78 is 19.0. The van der Waals surface area contributed by atoms with Crippen molar-refractivity contribution in [3.8, 4) is 11.5 Å². The summed E-state index contributed by atoms with van der Waals surface area (Å²) in [5.41, 5.74) is 4.66. The van der Waals surface area contributed by atoms with Crippen LogP contribution in [0.4, 0.5) is 10.1 Å². The monoisotopic (exact) mass is 365 g/mol. The lowest BCUT2D eigenvalue weighted by Gasteiger charge is -2.18. The number of anilines is 1. The van der Waals surface area contributed by atoms with Crippen molar-refractivity contribution in [3.05, 3.63) is 64.7 Å². The van der Waals surface area contributed by atoms with Crippen LogP contribution in [0.25, 0.3) is 11.5 Å². The van der Waals surface area contributed by atoms with Gasteiger partial charge in [0.25, 0.3) is 5.89 Å². The lowest BCUT2D eigenvalue weighted by Crippen LogP contribution is -2.25. The first kappa shape index (κ1) is 17.4. The molecule has 2 aromatic carbocycles. The maximum absolute atomic E-state index is 13.6. The van der Waals surface area contributed by atoms with Gasteiger partial charge in [-0.3, -0.25) is 4.79 Å². The number of hydrogen-bond acceptors (Lipinski definition) is 4. The minimum atomic E-state index is -0.358. The fourth-order valence-corrected chi connectivity index (χ4v) is 3.38. The number of halogens is 1. The molecular weight excluding hydrogens is 345 g/mol. The van der Waals surface area contributed by atoms with E-state index >= 15 is 0 Å². The van der Waals surface area contributed by atoms with E-state index in [0.29, 0.717) is 23.9 Å². The third kappa shape index (κ3) is 3.23. The Kier molecular flexibility index (Phi) is 4.26. The third-order valence-corrected chi connectivity index (χ3v) is 5.15. The fourth-order valence-electron chi connectivity index (χ4n) is 3.38. The summed E-state index contributed by atoms with van der Waals surface area (Å²) >= 11 is 0. The molecule has 6 heteroatoms. The van der Waals surface area contributed by atoms with Crippen molar-refractivity contribution >= 4 is 11.6 Å². The molecule has 1 aliphatic heterocycles. The minimum absolute atomic E-state index is 0.0637. The molecule has 138 valence electrons. The van der Waals surface area contributed by atoms with Crippen molar-refractivity contribution in [2.24, 2.45) is 0 Å². The summed E-state index contributed by atoms with van der Waals surface area (Å²) in [4.78, 5) is 18.6. The molecule has 5 nitrogen and oxygen atoms in total. The van der Waals surface area contributed by atoms with E-state index in [2.05, 4.69) is 10.1 Å². The van der Waals surface area contributed by atoms with E-state index in [1.807, 2.05) is 39.0 Å². The molecule has 4 rings (SSSR count). The normalized spacial score (nSPS) is 17.0. The number of hydrogen-bond donors (Lipinski definition) is 0. The van der Waals surface area contributed by atoms with Crippen molar-refractivity contribution in [3.63, 3.8) is 0 Å². The predicted octanol–water partition coefficient (Wildman–Crippen LogP) is 4.32. The van der Waals surface area contributed by atoms with E-state index in [1.54, 1.807) is 11.0 Å². The van der Waals surface area contributed by atoms with E-state index < -0.39 is 0 Å². The molecule has 3 aromatic rings. The van der Waals surface area contributed by atoms with Crippen molar-refractivity contribution in [2.75, 3.05) is 11.4 Å². The zero-order valence-electron chi connectivity index (χ0n) is 15.5. The first-order chi connectivity index (χ1) is 12.9. The smallest absolute Gasteiger partial charge is 0.257 e. The lowest BCUT2D eigenvalue weighted by atomic mass is 10.1. The third-order valence-electron chi connectivity index (χ3n) is 5.15. The van der Waals surface area contributed by atoms with Crippen LogP contribution in [0.5, 0.6) is 0 Å². The van der Waals surface area contributed by atoms with Crippen LogP contribution < -0.4 is 4.90 Å². The standard InChI is InChI=1S/C21H20FN3O2/c1-12-4-6-15(8-14(12)3)21-23-20(24-27-21)16-9-19(26)25(11-16)18-10-17(22)7-5-13(18)2/h4-8,10,16H,9,11H2,1-3H3. The Hall–Kier alpha value is -3.02. The van der Waals surface area contributed by atoms with Crippen LogP contribution in [0.15, 0.2) is 40.9 Å². The first-order valence-electron chi connectivity index (χ1n) is 8.90. The maximum atomic E-state index is 13.6. The van der Waals surface area contributed by atoms with Gasteiger partial charge in [-0.1, -0.05) is 17.3 Å². The van der Waals surface area contributed by atoms with Crippen LogP contribution in [0.3, 0.4) is 0 Å². The second-order valence-electron chi connectivity index (χ2n) is 7.09. The van der Waals surface area contributed by atoms with Crippen molar-refractivity contribution in [1.29, 1.82) is 0 Å². The summed E-state index contributed by atoms with van der Waals surface area (Å²) in [5.74, 6) is 0.355. The zero-order valence-corrected chi connectivity index (χ0v) is 15.5. The number of benzene rings is 2. The van der Waals surface area contributed by atoms with Gasteiger partial charge >= 0.3 is 0 Å². The van der Waals surface area contributed by atoms with Crippen LogP contribution in [0.2, 0.25) is 0 Å². The van der Waals surface area contributed by atoms with Crippen molar-refractivity contribution in [2.45, 2.75) is 33.1 Å². The summed E-state index contributed by atoms with van der Waals surface area (Å²) in [7, 11) is 0. The van der Waals surface area contributed by atoms with Crippen LogP contribution in [0, 0.1) is 26.6 Å². The molecule has 1 fully saturated rings. The molecule has 0 aliphatic carbocycles. The van der Waals surface area contributed by atoms with Crippen LogP contribution in [-0.2, 0) is 4.79 Å². The average Bonchev–Trinajstić information content (AvgIpc) is 3.26. The van der Waals surface area contributed by atoms with Crippen molar-refractivity contribution in [1.82, 2.24) is 10.1 Å². The van der Waals surface area contributed by atoms with Crippen LogP contribution in [0.1, 0.15) is 34.9 Å². The number of aromatic nitrogens is 2. The molecule has 27 heavy (non-hydrogen) atoms. The van der Waals surface area contributed by atoms with E-state index in [4.69, 9.17) is 4.52 Å². The van der Waals surface area contributed by atoms with E-state index in [0.717, 1.165) is 16.7 Å². The molecular formula is C21H20FN3O2. The molecule has 2 heterocycles. The summed E-state index contributed by atoms with van der Waals surface area (Å²) in [6.07, 6.45) is 0.280. The van der Waals surface area contributed by atoms with Gasteiger partial charge in [-0.05, 0) is 61.7 Å². The summed E-state index contributed by atoms with van der Waals surface area (Å²) in [5, 5.41) is 4.09. The Labute approximate surface area is 156 Å². The second-order valence-corrected chi connectivity index (χ2v) is 7.09. The molecule has 0 bridgehead atoms. The number of nitrogens with zero attached hydrogens (tertiary/aromatic N) is 3. The lowest BCUT2D eigenvalue weighted by molar-refractivity contribution is -0.117. The molecule has 0 saturated carbocycles. The summed E-state index contributed by atoms with van der Waals surface area (Å²) in [6.45, 7) is 6.35. The maximum Gasteiger partial charge on any atom is 0.257 e. The number of carbonyl (C=O) groups is 1. The fraction of sp³-hybridized carbons (Fsp3) is 0.286. The van der Waals surface area contributed by atoms with Gasteiger partial charge < -0.3 is 9.42 Å². The van der Waals surface area contributed by atoms with Gasteiger partial charge in [0, 0.05) is 30.1 Å². The van der Waals surface area contributed by atoms with Gasteiger partial charge in [-0.25, -0.2) is 4.39 Å². The first-order valence-corrected chi connectivity index (χ1v) is 8.90. The highest BCUT2D eigenvalue weighted by Gasteiger charge is 2.35. The topological polar surface area (TPSA) is 59.2 Å². The summed E-state index contributed by atoms with van der Waals surface area (Å²) in [6, 6.07) is 10.4. The molecule has 1 atom stereocenters. The van der Waals surface area contributed by atoms with Gasteiger partial charge in [-0.2, -0.15) is 4.98 Å². The van der Waals surface area contributed by atoms with Gasteiger partial charge in [0.1, 0.15) is 5.82 Å². The van der Waals surface area contributed by atoms with Gasteiger partial charge in [0.05, 0.1) is 0 Å². The Balaban J connectivity index is 1.58. The molecule has 0 radical (unpaired) electrons. The van der Waals surface area contributed by atoms with E-state index in [9.17, 15) is 9.18 Å². The SMILES string of the molecule is Cc1ccc(-c2nc(C3CC(=O)N(c4cc(F)ccc4C)C3)no2)cc1C. The largest absolute Gasteiger partial charge is 0.334 e. The second kappa shape index (κ2) is 6.61. The highest BCUT2D eigenvalue weighted by Crippen LogP contribution is 2.33. The Morgan fingerprint density at radius 1 is 1.07 bits per heavy atom. The molecule has 0 N–H and O–H groups in total. The quantitative estimate of drug-likeness (QED) is 0.693. The molecule has 0 spiro atoms. The van der Waals surface area contributed by atoms with Crippen LogP contribution in [-0.4, -0.2) is 22.6 Å². The zero-order chi connectivity index (χ0) is 19.1.